The summed E-state index contributed by atoms with van der Waals surface area (Å²) in [5, 5.41) is 3.17. The van der Waals surface area contributed by atoms with Crippen molar-refractivity contribution in [2.24, 2.45) is 5.92 Å². The third-order valence-electron chi connectivity index (χ3n) is 7.48. The molecule has 4 aliphatic heterocycles. The van der Waals surface area contributed by atoms with Crippen LogP contribution in [0.3, 0.4) is 0 Å². The highest BCUT2D eigenvalue weighted by molar-refractivity contribution is 5.70. The number of carbonyl (C=O) groups is 1. The van der Waals surface area contributed by atoms with Gasteiger partial charge in [0.25, 0.3) is 0 Å². The van der Waals surface area contributed by atoms with Gasteiger partial charge in [-0.1, -0.05) is 24.3 Å². The second-order valence-electron chi connectivity index (χ2n) is 9.44. The number of fused-ring (bicyclic) bond motifs is 5. The number of piperidine rings is 3. The first-order valence-electron chi connectivity index (χ1n) is 12.0. The maximum absolute atomic E-state index is 12.7. The van der Waals surface area contributed by atoms with Crippen molar-refractivity contribution in [3.05, 3.63) is 47.5 Å². The van der Waals surface area contributed by atoms with E-state index in [2.05, 4.69) is 40.5 Å². The topological polar surface area (TPSA) is 60.0 Å². The fourth-order valence-corrected chi connectivity index (χ4v) is 5.72. The number of hydrogen-bond donors (Lipinski definition) is 1. The first kappa shape index (κ1) is 19.9. The molecule has 0 spiro atoms. The molecule has 0 saturated carbocycles. The van der Waals surface area contributed by atoms with E-state index in [1.165, 1.54) is 11.1 Å². The van der Waals surface area contributed by atoms with Gasteiger partial charge in [0.2, 0.25) is 0 Å². The Hall–Kier alpha value is -2.73. The number of nitrogens with zero attached hydrogens (tertiary/aromatic N) is 1. The summed E-state index contributed by atoms with van der Waals surface area (Å²) in [6, 6.07) is 12.7. The van der Waals surface area contributed by atoms with E-state index in [1.807, 2.05) is 6.07 Å². The molecule has 1 unspecified atom stereocenters. The maximum atomic E-state index is 12.7. The second-order valence-corrected chi connectivity index (χ2v) is 9.44. The molecule has 3 saturated heterocycles. The zero-order valence-electron chi connectivity index (χ0n) is 18.3. The van der Waals surface area contributed by atoms with Crippen LogP contribution in [0.4, 0.5) is 4.79 Å². The number of benzene rings is 2. The molecule has 1 amide bonds. The quantitative estimate of drug-likeness (QED) is 0.780. The number of nitrogens with one attached hydrogen (secondary N) is 1. The Balaban J connectivity index is 1.16. The van der Waals surface area contributed by atoms with Crippen molar-refractivity contribution in [1.82, 2.24) is 10.2 Å². The number of aryl methyl sites for hydroxylation is 1. The van der Waals surface area contributed by atoms with Crippen molar-refractivity contribution in [1.29, 1.82) is 0 Å². The van der Waals surface area contributed by atoms with E-state index in [1.54, 1.807) is 0 Å². The Labute approximate surface area is 188 Å². The summed E-state index contributed by atoms with van der Waals surface area (Å²) in [6.07, 6.45) is 5.10. The first-order chi connectivity index (χ1) is 15.7. The third kappa shape index (κ3) is 3.81. The van der Waals surface area contributed by atoms with Gasteiger partial charge < -0.3 is 19.5 Å². The fourth-order valence-electron chi connectivity index (χ4n) is 5.72. The molecule has 2 bridgehead atoms. The van der Waals surface area contributed by atoms with E-state index in [0.717, 1.165) is 74.4 Å². The number of amides is 1. The minimum Gasteiger partial charge on any atom is -0.486 e. The standard InChI is InChI=1S/C26H30N2O4/c29-26(32-25-16-28-10-8-17(25)9-11-28)27-22-3-1-2-20-14-18(4-6-21(20)22)19-5-7-23-24(15-19)31-13-12-30-23/h4-7,14-15,17,22,25H,1-3,8-13,16H2,(H,27,29)/t22?,25-/m0/s1. The lowest BCUT2D eigenvalue weighted by Crippen LogP contribution is -2.52. The third-order valence-corrected chi connectivity index (χ3v) is 7.48. The average molecular weight is 435 g/mol. The molecule has 3 fully saturated rings. The van der Waals surface area contributed by atoms with Crippen molar-refractivity contribution in [2.45, 2.75) is 44.2 Å². The summed E-state index contributed by atoms with van der Waals surface area (Å²) in [5.41, 5.74) is 4.80. The number of carbonyl (C=O) groups excluding carboxylic acids is 1. The summed E-state index contributed by atoms with van der Waals surface area (Å²) in [5.74, 6) is 2.14. The molecule has 4 heterocycles. The maximum Gasteiger partial charge on any atom is 0.407 e. The van der Waals surface area contributed by atoms with Gasteiger partial charge in [0.1, 0.15) is 19.3 Å². The molecule has 6 heteroatoms. The molecule has 1 N–H and O–H groups in total. The summed E-state index contributed by atoms with van der Waals surface area (Å²) >= 11 is 0. The lowest BCUT2D eigenvalue weighted by atomic mass is 9.85. The van der Waals surface area contributed by atoms with Gasteiger partial charge >= 0.3 is 6.09 Å². The molecule has 2 atom stereocenters. The zero-order chi connectivity index (χ0) is 21.5. The predicted molar refractivity (Wildman–Crippen MR) is 121 cm³/mol. The SMILES string of the molecule is O=C(NC1CCCc2cc(-c3ccc4c(c3)OCCO4)ccc21)O[C@H]1CN2CCC1CC2. The Morgan fingerprint density at radius 3 is 2.56 bits per heavy atom. The lowest BCUT2D eigenvalue weighted by Gasteiger charge is -2.44. The van der Waals surface area contributed by atoms with Crippen LogP contribution in [-0.2, 0) is 11.2 Å². The molecule has 5 aliphatic rings. The van der Waals surface area contributed by atoms with Crippen LogP contribution in [0.5, 0.6) is 11.5 Å². The van der Waals surface area contributed by atoms with Crippen LogP contribution in [0.25, 0.3) is 11.1 Å². The predicted octanol–water partition coefficient (Wildman–Crippen LogP) is 4.32. The Morgan fingerprint density at radius 2 is 1.75 bits per heavy atom. The normalized spacial score (nSPS) is 28.0. The van der Waals surface area contributed by atoms with Crippen molar-refractivity contribution in [3.63, 3.8) is 0 Å². The van der Waals surface area contributed by atoms with Crippen molar-refractivity contribution in [2.75, 3.05) is 32.8 Å². The minimum atomic E-state index is -0.266. The van der Waals surface area contributed by atoms with Crippen LogP contribution in [-0.4, -0.2) is 49.9 Å². The Morgan fingerprint density at radius 1 is 0.969 bits per heavy atom. The number of ether oxygens (including phenoxy) is 3. The van der Waals surface area contributed by atoms with Crippen LogP contribution in [0.15, 0.2) is 36.4 Å². The molecule has 7 rings (SSSR count). The smallest absolute Gasteiger partial charge is 0.407 e. The molecule has 6 nitrogen and oxygen atoms in total. The molecule has 0 aromatic heterocycles. The van der Waals surface area contributed by atoms with E-state index in [-0.39, 0.29) is 18.2 Å². The second kappa shape index (κ2) is 8.32. The Bertz CT molecular complexity index is 1010. The molecular formula is C26H30N2O4. The largest absolute Gasteiger partial charge is 0.486 e. The van der Waals surface area contributed by atoms with Crippen molar-refractivity contribution in [3.8, 4) is 22.6 Å². The molecule has 32 heavy (non-hydrogen) atoms. The van der Waals surface area contributed by atoms with Gasteiger partial charge in [0, 0.05) is 6.54 Å². The van der Waals surface area contributed by atoms with Gasteiger partial charge in [-0.3, -0.25) is 4.90 Å². The molecule has 2 aromatic carbocycles. The monoisotopic (exact) mass is 434 g/mol. The van der Waals surface area contributed by atoms with Crippen LogP contribution < -0.4 is 14.8 Å². The highest BCUT2D eigenvalue weighted by atomic mass is 16.6. The van der Waals surface area contributed by atoms with E-state index < -0.39 is 0 Å². The summed E-state index contributed by atoms with van der Waals surface area (Å²) in [7, 11) is 0. The van der Waals surface area contributed by atoms with E-state index in [4.69, 9.17) is 14.2 Å². The van der Waals surface area contributed by atoms with Crippen molar-refractivity contribution >= 4 is 6.09 Å². The zero-order valence-corrected chi connectivity index (χ0v) is 18.3. The number of hydrogen-bond acceptors (Lipinski definition) is 5. The lowest BCUT2D eigenvalue weighted by molar-refractivity contribution is -0.0340. The van der Waals surface area contributed by atoms with Gasteiger partial charge in [0.15, 0.2) is 11.5 Å². The number of alkyl carbamates (subject to hydrolysis) is 1. The summed E-state index contributed by atoms with van der Waals surface area (Å²) in [4.78, 5) is 15.1. The summed E-state index contributed by atoms with van der Waals surface area (Å²) < 4.78 is 17.3. The van der Waals surface area contributed by atoms with Gasteiger partial charge in [0.05, 0.1) is 6.04 Å². The van der Waals surface area contributed by atoms with Crippen LogP contribution >= 0.6 is 0 Å². The van der Waals surface area contributed by atoms with Gasteiger partial charge in [-0.05, 0) is 85.5 Å². The van der Waals surface area contributed by atoms with E-state index in [9.17, 15) is 4.79 Å². The number of rotatable bonds is 3. The average Bonchev–Trinajstić information content (AvgIpc) is 2.84. The highest BCUT2D eigenvalue weighted by Gasteiger charge is 2.37. The molecule has 0 radical (unpaired) electrons. The summed E-state index contributed by atoms with van der Waals surface area (Å²) in [6.45, 7) is 4.37. The molecule has 2 aromatic rings. The minimum absolute atomic E-state index is 0.0154. The van der Waals surface area contributed by atoms with Gasteiger partial charge in [-0.25, -0.2) is 4.79 Å². The van der Waals surface area contributed by atoms with Crippen LogP contribution in [0, 0.1) is 5.92 Å². The van der Waals surface area contributed by atoms with Gasteiger partial charge in [-0.2, -0.15) is 0 Å². The van der Waals surface area contributed by atoms with Gasteiger partial charge in [-0.15, -0.1) is 0 Å². The molecular weight excluding hydrogens is 404 g/mol. The van der Waals surface area contributed by atoms with Crippen molar-refractivity contribution < 1.29 is 19.0 Å². The van der Waals surface area contributed by atoms with E-state index >= 15 is 0 Å². The van der Waals surface area contributed by atoms with Crippen LogP contribution in [0.2, 0.25) is 0 Å². The highest BCUT2D eigenvalue weighted by Crippen LogP contribution is 2.37. The first-order valence-corrected chi connectivity index (χ1v) is 12.0. The van der Waals surface area contributed by atoms with E-state index in [0.29, 0.717) is 19.1 Å². The molecule has 168 valence electrons. The Kier molecular flexibility index (Phi) is 5.18. The fraction of sp³-hybridized carbons (Fsp3) is 0.500. The molecule has 1 aliphatic carbocycles. The van der Waals surface area contributed by atoms with Crippen LogP contribution in [0.1, 0.15) is 42.9 Å².